The number of nitrogens with zero attached hydrogens (tertiary/aromatic N) is 1. The summed E-state index contributed by atoms with van der Waals surface area (Å²) >= 11 is 0. The molecule has 2 aliphatic heterocycles. The van der Waals surface area contributed by atoms with Crippen molar-refractivity contribution >= 4 is 15.9 Å². The highest BCUT2D eigenvalue weighted by Gasteiger charge is 2.49. The highest BCUT2D eigenvalue weighted by atomic mass is 32.2. The van der Waals surface area contributed by atoms with E-state index in [1.54, 1.807) is 5.48 Å². The number of ether oxygens (including phenoxy) is 1. The van der Waals surface area contributed by atoms with Crippen LogP contribution in [0, 0.1) is 5.92 Å². The van der Waals surface area contributed by atoms with Crippen LogP contribution in [0.5, 0.6) is 0 Å². The molecule has 3 unspecified atom stereocenters. The van der Waals surface area contributed by atoms with E-state index in [1.807, 2.05) is 0 Å². The number of rotatable bonds is 4. The van der Waals surface area contributed by atoms with Crippen molar-refractivity contribution in [2.75, 3.05) is 13.2 Å². The third-order valence-electron chi connectivity index (χ3n) is 6.00. The van der Waals surface area contributed by atoms with Gasteiger partial charge in [0.15, 0.2) is 0 Å². The van der Waals surface area contributed by atoms with Crippen molar-refractivity contribution in [2.24, 2.45) is 5.92 Å². The number of carbonyl (C=O) groups excluding carboxylic acids is 1. The predicted molar refractivity (Wildman–Crippen MR) is 107 cm³/mol. The number of carbonyl (C=O) groups is 1. The van der Waals surface area contributed by atoms with E-state index in [4.69, 9.17) is 9.94 Å². The van der Waals surface area contributed by atoms with Crippen LogP contribution in [0.4, 0.5) is 13.2 Å². The van der Waals surface area contributed by atoms with Crippen LogP contribution < -0.4 is 5.48 Å². The van der Waals surface area contributed by atoms with Crippen molar-refractivity contribution in [3.05, 3.63) is 54.1 Å². The lowest BCUT2D eigenvalue weighted by Gasteiger charge is -2.39. The maximum absolute atomic E-state index is 13.3. The van der Waals surface area contributed by atoms with Gasteiger partial charge in [-0.05, 0) is 48.2 Å². The van der Waals surface area contributed by atoms with E-state index in [1.165, 1.54) is 36.4 Å². The lowest BCUT2D eigenvalue weighted by atomic mass is 9.87. The fraction of sp³-hybridized carbons (Fsp3) is 0.381. The summed E-state index contributed by atoms with van der Waals surface area (Å²) in [6.07, 6.45) is -3.75. The number of halogens is 3. The number of benzene rings is 2. The van der Waals surface area contributed by atoms with Crippen LogP contribution in [0.3, 0.4) is 0 Å². The van der Waals surface area contributed by atoms with Crippen LogP contribution in [0.1, 0.15) is 18.4 Å². The number of hydrogen-bond acceptors (Lipinski definition) is 5. The Morgan fingerprint density at radius 3 is 2.19 bits per heavy atom. The minimum absolute atomic E-state index is 0.0544. The molecule has 32 heavy (non-hydrogen) atoms. The first-order valence-corrected chi connectivity index (χ1v) is 11.4. The van der Waals surface area contributed by atoms with E-state index in [0.717, 1.165) is 16.4 Å². The average molecular weight is 470 g/mol. The minimum Gasteiger partial charge on any atom is -0.378 e. The van der Waals surface area contributed by atoms with Gasteiger partial charge in [0.05, 0.1) is 16.6 Å². The van der Waals surface area contributed by atoms with Gasteiger partial charge in [-0.3, -0.25) is 10.0 Å². The van der Waals surface area contributed by atoms with Gasteiger partial charge in [-0.1, -0.05) is 24.3 Å². The third-order valence-corrected chi connectivity index (χ3v) is 7.89. The minimum atomic E-state index is -4.44. The first-order valence-electron chi connectivity index (χ1n) is 9.98. The van der Waals surface area contributed by atoms with E-state index in [0.29, 0.717) is 30.6 Å². The van der Waals surface area contributed by atoms with Crippen LogP contribution in [0.25, 0.3) is 11.1 Å². The normalized spacial score (nSPS) is 24.2. The molecule has 2 aliphatic rings. The molecule has 2 N–H and O–H groups in total. The summed E-state index contributed by atoms with van der Waals surface area (Å²) in [4.78, 5) is 12.3. The number of hydrogen-bond donors (Lipinski definition) is 2. The molecule has 2 heterocycles. The van der Waals surface area contributed by atoms with Crippen molar-refractivity contribution in [2.45, 2.75) is 36.1 Å². The molecule has 2 saturated heterocycles. The summed E-state index contributed by atoms with van der Waals surface area (Å²) in [7, 11) is -4.07. The zero-order valence-electron chi connectivity index (χ0n) is 16.7. The number of sulfonamides is 1. The first kappa shape index (κ1) is 22.7. The Morgan fingerprint density at radius 1 is 1.03 bits per heavy atom. The van der Waals surface area contributed by atoms with Crippen LogP contribution in [-0.2, 0) is 25.7 Å². The number of piperidine rings is 1. The van der Waals surface area contributed by atoms with E-state index >= 15 is 0 Å². The third kappa shape index (κ3) is 4.13. The molecule has 11 heteroatoms. The summed E-state index contributed by atoms with van der Waals surface area (Å²) in [5.74, 6) is -1.17. The SMILES string of the molecule is O=C(NO)C1C2CCOC2CCN1S(=O)(=O)c1ccc(-c2ccc(C(F)(F)F)cc2)cc1. The molecule has 0 radical (unpaired) electrons. The van der Waals surface area contributed by atoms with Gasteiger partial charge in [0.25, 0.3) is 5.91 Å². The summed E-state index contributed by atoms with van der Waals surface area (Å²) in [5, 5.41) is 9.16. The average Bonchev–Trinajstić information content (AvgIpc) is 3.26. The quantitative estimate of drug-likeness (QED) is 0.529. The van der Waals surface area contributed by atoms with Crippen LogP contribution in [-0.4, -0.2) is 49.1 Å². The van der Waals surface area contributed by atoms with Crippen molar-refractivity contribution in [1.29, 1.82) is 0 Å². The molecule has 2 aromatic rings. The van der Waals surface area contributed by atoms with Gasteiger partial charge in [-0.2, -0.15) is 17.5 Å². The molecule has 0 aliphatic carbocycles. The number of alkyl halides is 3. The van der Waals surface area contributed by atoms with Crippen LogP contribution in [0.15, 0.2) is 53.4 Å². The lowest BCUT2D eigenvalue weighted by Crippen LogP contribution is -2.58. The Labute approximate surface area is 182 Å². The number of hydroxylamine groups is 1. The molecule has 2 aromatic carbocycles. The highest BCUT2D eigenvalue weighted by Crippen LogP contribution is 2.37. The summed E-state index contributed by atoms with van der Waals surface area (Å²) in [6, 6.07) is 9.18. The second-order valence-corrected chi connectivity index (χ2v) is 9.68. The Morgan fingerprint density at radius 2 is 1.62 bits per heavy atom. The van der Waals surface area contributed by atoms with Gasteiger partial charge in [0.1, 0.15) is 6.04 Å². The van der Waals surface area contributed by atoms with E-state index in [-0.39, 0.29) is 23.5 Å². The highest BCUT2D eigenvalue weighted by molar-refractivity contribution is 7.89. The molecule has 7 nitrogen and oxygen atoms in total. The maximum atomic E-state index is 13.3. The van der Waals surface area contributed by atoms with Crippen LogP contribution in [0.2, 0.25) is 0 Å². The molecular weight excluding hydrogens is 449 g/mol. The molecule has 0 saturated carbocycles. The molecular formula is C21H21F3N2O5S. The predicted octanol–water partition coefficient (Wildman–Crippen LogP) is 3.05. The van der Waals surface area contributed by atoms with Gasteiger partial charge in [0.2, 0.25) is 10.0 Å². The zero-order valence-corrected chi connectivity index (χ0v) is 17.6. The molecule has 4 rings (SSSR count). The molecule has 0 spiro atoms. The van der Waals surface area contributed by atoms with Gasteiger partial charge >= 0.3 is 6.18 Å². The van der Waals surface area contributed by atoms with Crippen molar-refractivity contribution < 1.29 is 36.3 Å². The van der Waals surface area contributed by atoms with Crippen LogP contribution >= 0.6 is 0 Å². The van der Waals surface area contributed by atoms with Crippen molar-refractivity contribution in [3.63, 3.8) is 0 Å². The molecule has 3 atom stereocenters. The second kappa shape index (κ2) is 8.47. The largest absolute Gasteiger partial charge is 0.416 e. The van der Waals surface area contributed by atoms with E-state index in [2.05, 4.69) is 0 Å². The number of fused-ring (bicyclic) bond motifs is 1. The van der Waals surface area contributed by atoms with Crippen molar-refractivity contribution in [1.82, 2.24) is 9.79 Å². The van der Waals surface area contributed by atoms with E-state index < -0.39 is 33.7 Å². The summed E-state index contributed by atoms with van der Waals surface area (Å²) < 4.78 is 71.6. The molecule has 0 aromatic heterocycles. The Hall–Kier alpha value is -2.47. The van der Waals surface area contributed by atoms with Crippen molar-refractivity contribution in [3.8, 4) is 11.1 Å². The Balaban J connectivity index is 1.60. The smallest absolute Gasteiger partial charge is 0.378 e. The maximum Gasteiger partial charge on any atom is 0.416 e. The van der Waals surface area contributed by atoms with Gasteiger partial charge in [-0.25, -0.2) is 13.9 Å². The molecule has 2 fully saturated rings. The van der Waals surface area contributed by atoms with Gasteiger partial charge in [-0.15, -0.1) is 0 Å². The Bertz CT molecular complexity index is 1090. The number of amides is 1. The molecule has 0 bridgehead atoms. The lowest BCUT2D eigenvalue weighted by molar-refractivity contribution is -0.138. The fourth-order valence-corrected chi connectivity index (χ4v) is 6.05. The summed E-state index contributed by atoms with van der Waals surface area (Å²) in [6.45, 7) is 0.475. The van der Waals surface area contributed by atoms with Gasteiger partial charge < -0.3 is 4.74 Å². The molecule has 172 valence electrons. The number of nitrogens with one attached hydrogen (secondary N) is 1. The topological polar surface area (TPSA) is 95.9 Å². The fourth-order valence-electron chi connectivity index (χ4n) is 4.40. The molecule has 1 amide bonds. The van der Waals surface area contributed by atoms with Gasteiger partial charge in [0, 0.05) is 19.1 Å². The first-order chi connectivity index (χ1) is 15.1. The summed E-state index contributed by atoms with van der Waals surface area (Å²) in [5.41, 5.74) is 1.85. The monoisotopic (exact) mass is 470 g/mol. The zero-order chi connectivity index (χ0) is 23.1. The van der Waals surface area contributed by atoms with E-state index in [9.17, 15) is 26.4 Å². The standard InChI is InChI=1S/C21H21F3N2O5S/c22-21(23,24)15-5-1-13(2-6-15)14-3-7-16(8-4-14)32(29,30)26-11-9-18-17(10-12-31-18)19(26)20(27)25-28/h1-8,17-19,28H,9-12H2,(H,25,27). The Kier molecular flexibility index (Phi) is 6.01. The second-order valence-electron chi connectivity index (χ2n) is 7.79.